The summed E-state index contributed by atoms with van der Waals surface area (Å²) in [7, 11) is 0. The largest absolute Gasteiger partial charge is 0.389 e. The molecule has 0 aromatic rings. The molecule has 0 aliphatic heterocycles. The third-order valence-electron chi connectivity index (χ3n) is 2.88. The van der Waals surface area contributed by atoms with Crippen LogP contribution in [0, 0.1) is 5.92 Å². The van der Waals surface area contributed by atoms with E-state index in [9.17, 15) is 5.11 Å². The van der Waals surface area contributed by atoms with Crippen LogP contribution in [0.1, 0.15) is 53.4 Å². The molecule has 1 unspecified atom stereocenters. The van der Waals surface area contributed by atoms with Gasteiger partial charge in [-0.25, -0.2) is 0 Å². The van der Waals surface area contributed by atoms with E-state index in [1.54, 1.807) is 0 Å². The minimum Gasteiger partial charge on any atom is -0.389 e. The molecule has 0 aliphatic rings. The molecule has 0 amide bonds. The molecule has 86 valence electrons. The molecule has 0 heterocycles. The first-order chi connectivity index (χ1) is 6.55. The van der Waals surface area contributed by atoms with Gasteiger partial charge in [0.2, 0.25) is 0 Å². The maximum absolute atomic E-state index is 9.91. The van der Waals surface area contributed by atoms with Gasteiger partial charge in [-0.05, 0) is 25.8 Å². The average Bonchev–Trinajstić information content (AvgIpc) is 2.12. The van der Waals surface area contributed by atoms with Gasteiger partial charge < -0.3 is 10.4 Å². The van der Waals surface area contributed by atoms with E-state index in [0.29, 0.717) is 0 Å². The van der Waals surface area contributed by atoms with E-state index in [2.05, 4.69) is 26.1 Å². The summed E-state index contributed by atoms with van der Waals surface area (Å²) in [5, 5.41) is 13.3. The first kappa shape index (κ1) is 13.9. The second-order valence-electron chi connectivity index (χ2n) is 4.56. The molecule has 0 aromatic heterocycles. The van der Waals surface area contributed by atoms with Gasteiger partial charge in [0.25, 0.3) is 0 Å². The first-order valence-corrected chi connectivity index (χ1v) is 5.98. The van der Waals surface area contributed by atoms with Gasteiger partial charge in [0.05, 0.1) is 5.60 Å². The Balaban J connectivity index is 3.60. The highest BCUT2D eigenvalue weighted by atomic mass is 16.3. The molecule has 0 bridgehead atoms. The first-order valence-electron chi connectivity index (χ1n) is 5.98. The van der Waals surface area contributed by atoms with Crippen LogP contribution in [-0.4, -0.2) is 23.8 Å². The van der Waals surface area contributed by atoms with Gasteiger partial charge in [0, 0.05) is 6.54 Å². The quantitative estimate of drug-likeness (QED) is 0.632. The van der Waals surface area contributed by atoms with Crippen molar-refractivity contribution < 1.29 is 5.11 Å². The van der Waals surface area contributed by atoms with Crippen LogP contribution < -0.4 is 5.32 Å². The number of nitrogens with one attached hydrogen (secondary N) is 1. The van der Waals surface area contributed by atoms with Gasteiger partial charge >= 0.3 is 0 Å². The Labute approximate surface area is 89.1 Å². The van der Waals surface area contributed by atoms with E-state index in [1.165, 1.54) is 12.8 Å². The van der Waals surface area contributed by atoms with Crippen molar-refractivity contribution in [3.8, 4) is 0 Å². The van der Waals surface area contributed by atoms with Crippen molar-refractivity contribution >= 4 is 0 Å². The molecule has 0 saturated heterocycles. The maximum atomic E-state index is 9.91. The number of hydrogen-bond acceptors (Lipinski definition) is 2. The van der Waals surface area contributed by atoms with Crippen LogP contribution in [0.5, 0.6) is 0 Å². The monoisotopic (exact) mass is 201 g/mol. The van der Waals surface area contributed by atoms with E-state index >= 15 is 0 Å². The molecule has 0 fully saturated rings. The fourth-order valence-corrected chi connectivity index (χ4v) is 1.75. The lowest BCUT2D eigenvalue weighted by molar-refractivity contribution is 0.0491. The third-order valence-corrected chi connectivity index (χ3v) is 2.88. The second-order valence-corrected chi connectivity index (χ2v) is 4.56. The highest BCUT2D eigenvalue weighted by molar-refractivity contribution is 4.75. The highest BCUT2D eigenvalue weighted by Gasteiger charge is 2.18. The van der Waals surface area contributed by atoms with Crippen molar-refractivity contribution in [2.45, 2.75) is 59.0 Å². The van der Waals surface area contributed by atoms with Crippen LogP contribution in [0.15, 0.2) is 0 Å². The smallest absolute Gasteiger partial charge is 0.0743 e. The summed E-state index contributed by atoms with van der Waals surface area (Å²) < 4.78 is 0. The third kappa shape index (κ3) is 6.39. The SMILES string of the molecule is CCCC(C)(O)CNCC(CC)CC. The van der Waals surface area contributed by atoms with Crippen LogP contribution in [0.4, 0.5) is 0 Å². The zero-order valence-corrected chi connectivity index (χ0v) is 10.3. The van der Waals surface area contributed by atoms with Crippen molar-refractivity contribution in [3.63, 3.8) is 0 Å². The van der Waals surface area contributed by atoms with E-state index in [0.717, 1.165) is 31.8 Å². The molecular formula is C12H27NO. The molecule has 0 aliphatic carbocycles. The van der Waals surface area contributed by atoms with Gasteiger partial charge in [-0.1, -0.05) is 40.0 Å². The fraction of sp³-hybridized carbons (Fsp3) is 1.00. The van der Waals surface area contributed by atoms with Crippen molar-refractivity contribution in [1.29, 1.82) is 0 Å². The average molecular weight is 201 g/mol. The Kier molecular flexibility index (Phi) is 7.20. The predicted molar refractivity (Wildman–Crippen MR) is 62.5 cm³/mol. The Morgan fingerprint density at radius 2 is 1.79 bits per heavy atom. The normalized spacial score (nSPS) is 15.9. The zero-order chi connectivity index (χ0) is 11.0. The minimum atomic E-state index is -0.527. The van der Waals surface area contributed by atoms with Gasteiger partial charge in [-0.15, -0.1) is 0 Å². The Morgan fingerprint density at radius 3 is 2.21 bits per heavy atom. The summed E-state index contributed by atoms with van der Waals surface area (Å²) in [6, 6.07) is 0. The number of aliphatic hydroxyl groups is 1. The van der Waals surface area contributed by atoms with E-state index in [4.69, 9.17) is 0 Å². The summed E-state index contributed by atoms with van der Waals surface area (Å²) in [4.78, 5) is 0. The van der Waals surface area contributed by atoms with Crippen molar-refractivity contribution in [2.75, 3.05) is 13.1 Å². The lowest BCUT2D eigenvalue weighted by Gasteiger charge is -2.24. The maximum Gasteiger partial charge on any atom is 0.0743 e. The van der Waals surface area contributed by atoms with Gasteiger partial charge in [-0.2, -0.15) is 0 Å². The van der Waals surface area contributed by atoms with Gasteiger partial charge in [0.15, 0.2) is 0 Å². The van der Waals surface area contributed by atoms with Gasteiger partial charge in [-0.3, -0.25) is 0 Å². The molecule has 0 radical (unpaired) electrons. The zero-order valence-electron chi connectivity index (χ0n) is 10.3. The summed E-state index contributed by atoms with van der Waals surface area (Å²) in [5.41, 5.74) is -0.527. The Bertz CT molecular complexity index is 130. The molecule has 0 saturated carbocycles. The van der Waals surface area contributed by atoms with Crippen LogP contribution in [-0.2, 0) is 0 Å². The van der Waals surface area contributed by atoms with Crippen LogP contribution in [0.2, 0.25) is 0 Å². The van der Waals surface area contributed by atoms with Crippen molar-refractivity contribution in [3.05, 3.63) is 0 Å². The van der Waals surface area contributed by atoms with Crippen molar-refractivity contribution in [1.82, 2.24) is 5.32 Å². The molecule has 2 nitrogen and oxygen atoms in total. The molecule has 1 atom stereocenters. The highest BCUT2D eigenvalue weighted by Crippen LogP contribution is 2.11. The van der Waals surface area contributed by atoms with Crippen LogP contribution >= 0.6 is 0 Å². The van der Waals surface area contributed by atoms with Crippen LogP contribution in [0.25, 0.3) is 0 Å². The molecular weight excluding hydrogens is 174 g/mol. The summed E-state index contributed by atoms with van der Waals surface area (Å²) in [5.74, 6) is 0.757. The Hall–Kier alpha value is -0.0800. The lowest BCUT2D eigenvalue weighted by atomic mass is 9.99. The topological polar surface area (TPSA) is 32.3 Å². The molecule has 2 N–H and O–H groups in total. The number of hydrogen-bond donors (Lipinski definition) is 2. The lowest BCUT2D eigenvalue weighted by Crippen LogP contribution is -2.39. The number of rotatable bonds is 8. The van der Waals surface area contributed by atoms with E-state index < -0.39 is 5.60 Å². The summed E-state index contributed by atoms with van der Waals surface area (Å²) in [6.45, 7) is 10.2. The Morgan fingerprint density at radius 1 is 1.21 bits per heavy atom. The van der Waals surface area contributed by atoms with E-state index in [1.807, 2.05) is 6.92 Å². The summed E-state index contributed by atoms with van der Waals surface area (Å²) >= 11 is 0. The molecule has 2 heteroatoms. The molecule has 14 heavy (non-hydrogen) atoms. The molecule has 0 rings (SSSR count). The standard InChI is InChI=1S/C12H27NO/c1-5-8-12(4,14)10-13-9-11(6-2)7-3/h11,13-14H,5-10H2,1-4H3. The van der Waals surface area contributed by atoms with Crippen molar-refractivity contribution in [2.24, 2.45) is 5.92 Å². The second kappa shape index (κ2) is 7.24. The molecule has 0 aromatic carbocycles. The predicted octanol–water partition coefficient (Wildman–Crippen LogP) is 2.56. The van der Waals surface area contributed by atoms with Gasteiger partial charge in [0.1, 0.15) is 0 Å². The fourth-order valence-electron chi connectivity index (χ4n) is 1.75. The molecule has 0 spiro atoms. The van der Waals surface area contributed by atoms with Crippen LogP contribution in [0.3, 0.4) is 0 Å². The minimum absolute atomic E-state index is 0.527. The summed E-state index contributed by atoms with van der Waals surface area (Å²) in [6.07, 6.45) is 4.36. The van der Waals surface area contributed by atoms with E-state index in [-0.39, 0.29) is 0 Å².